The number of ether oxygens (including phenoxy) is 1. The Labute approximate surface area is 130 Å². The topological polar surface area (TPSA) is 75.8 Å². The second-order valence-corrected chi connectivity index (χ2v) is 5.66. The number of rotatable bonds is 8. The molecule has 0 unspecified atom stereocenters. The third kappa shape index (κ3) is 5.36. The minimum atomic E-state index is -0.370. The van der Waals surface area contributed by atoms with Crippen molar-refractivity contribution < 1.29 is 14.8 Å². The van der Waals surface area contributed by atoms with Gasteiger partial charge in [0.1, 0.15) is 0 Å². The van der Waals surface area contributed by atoms with Gasteiger partial charge in [0.05, 0.1) is 11.0 Å². The van der Waals surface area contributed by atoms with Gasteiger partial charge in [-0.15, -0.1) is 0 Å². The zero-order chi connectivity index (χ0) is 15.8. The van der Waals surface area contributed by atoms with Crippen molar-refractivity contribution in [2.75, 3.05) is 32.8 Å². The molecule has 22 heavy (non-hydrogen) atoms. The standard InChI is InChI=1S/C16H24N2O4/c19-12-1-13-22-16-7-10-17(11-8-16)9-6-14-2-4-15(5-3-14)18(20)21/h2-5,16,19H,1,6-13H2. The summed E-state index contributed by atoms with van der Waals surface area (Å²) in [6.45, 7) is 3.85. The molecule has 0 aliphatic carbocycles. The molecule has 0 spiro atoms. The van der Waals surface area contributed by atoms with Gasteiger partial charge in [-0.3, -0.25) is 10.1 Å². The summed E-state index contributed by atoms with van der Waals surface area (Å²) >= 11 is 0. The van der Waals surface area contributed by atoms with Crippen molar-refractivity contribution in [3.05, 3.63) is 39.9 Å². The van der Waals surface area contributed by atoms with Gasteiger partial charge in [-0.05, 0) is 31.2 Å². The van der Waals surface area contributed by atoms with Gasteiger partial charge in [-0.1, -0.05) is 12.1 Å². The van der Waals surface area contributed by atoms with Crippen LogP contribution >= 0.6 is 0 Å². The van der Waals surface area contributed by atoms with Crippen LogP contribution in [-0.4, -0.2) is 53.9 Å². The van der Waals surface area contributed by atoms with E-state index in [4.69, 9.17) is 9.84 Å². The quantitative estimate of drug-likeness (QED) is 0.451. The number of hydrogen-bond donors (Lipinski definition) is 1. The van der Waals surface area contributed by atoms with E-state index in [0.717, 1.165) is 44.5 Å². The summed E-state index contributed by atoms with van der Waals surface area (Å²) in [6.07, 6.45) is 4.01. The van der Waals surface area contributed by atoms with E-state index in [1.54, 1.807) is 12.1 Å². The Bertz CT molecular complexity index is 456. The van der Waals surface area contributed by atoms with Crippen LogP contribution in [0.5, 0.6) is 0 Å². The summed E-state index contributed by atoms with van der Waals surface area (Å²) < 4.78 is 5.72. The number of aliphatic hydroxyl groups is 1. The van der Waals surface area contributed by atoms with E-state index in [-0.39, 0.29) is 17.2 Å². The molecule has 1 aromatic carbocycles. The predicted octanol–water partition coefficient (Wildman–Crippen LogP) is 2.00. The van der Waals surface area contributed by atoms with Crippen molar-refractivity contribution in [3.63, 3.8) is 0 Å². The lowest BCUT2D eigenvalue weighted by Crippen LogP contribution is -2.38. The van der Waals surface area contributed by atoms with Crippen molar-refractivity contribution in [1.82, 2.24) is 4.90 Å². The predicted molar refractivity (Wildman–Crippen MR) is 83.9 cm³/mol. The second kappa shape index (κ2) is 8.82. The highest BCUT2D eigenvalue weighted by molar-refractivity contribution is 5.32. The van der Waals surface area contributed by atoms with E-state index in [0.29, 0.717) is 19.1 Å². The molecule has 2 rings (SSSR count). The summed E-state index contributed by atoms with van der Waals surface area (Å²) in [7, 11) is 0. The lowest BCUT2D eigenvalue weighted by Gasteiger charge is -2.31. The highest BCUT2D eigenvalue weighted by Crippen LogP contribution is 2.16. The lowest BCUT2D eigenvalue weighted by molar-refractivity contribution is -0.384. The van der Waals surface area contributed by atoms with Gasteiger partial charge in [0.2, 0.25) is 0 Å². The highest BCUT2D eigenvalue weighted by Gasteiger charge is 2.19. The van der Waals surface area contributed by atoms with Crippen molar-refractivity contribution in [1.29, 1.82) is 0 Å². The molecule has 1 aliphatic rings. The Hall–Kier alpha value is -1.50. The SMILES string of the molecule is O=[N+]([O-])c1ccc(CCN2CCC(OCCCO)CC2)cc1. The van der Waals surface area contributed by atoms with E-state index < -0.39 is 0 Å². The largest absolute Gasteiger partial charge is 0.396 e. The van der Waals surface area contributed by atoms with Gasteiger partial charge < -0.3 is 14.7 Å². The Kier molecular flexibility index (Phi) is 6.76. The first-order chi connectivity index (χ1) is 10.7. The number of non-ortho nitro benzene ring substituents is 1. The van der Waals surface area contributed by atoms with Crippen molar-refractivity contribution in [2.45, 2.75) is 31.8 Å². The first-order valence-corrected chi connectivity index (χ1v) is 7.87. The normalized spacial score (nSPS) is 16.8. The number of likely N-dealkylation sites (tertiary alicyclic amines) is 1. The maximum Gasteiger partial charge on any atom is 0.269 e. The maximum atomic E-state index is 10.6. The van der Waals surface area contributed by atoms with Crippen LogP contribution < -0.4 is 0 Å². The molecule has 1 aromatic rings. The monoisotopic (exact) mass is 308 g/mol. The Morgan fingerprint density at radius 2 is 1.95 bits per heavy atom. The molecule has 0 atom stereocenters. The maximum absolute atomic E-state index is 10.6. The third-order valence-corrected chi connectivity index (χ3v) is 4.05. The number of nitro groups is 1. The summed E-state index contributed by atoms with van der Waals surface area (Å²) in [5.74, 6) is 0. The van der Waals surface area contributed by atoms with Crippen molar-refractivity contribution in [3.8, 4) is 0 Å². The lowest BCUT2D eigenvalue weighted by atomic mass is 10.1. The van der Waals surface area contributed by atoms with Crippen LogP contribution in [0.15, 0.2) is 24.3 Å². The zero-order valence-corrected chi connectivity index (χ0v) is 12.8. The fourth-order valence-corrected chi connectivity index (χ4v) is 2.69. The van der Waals surface area contributed by atoms with Gasteiger partial charge >= 0.3 is 0 Å². The minimum Gasteiger partial charge on any atom is -0.396 e. The van der Waals surface area contributed by atoms with Gasteiger partial charge in [0.15, 0.2) is 0 Å². The number of nitro benzene ring substituents is 1. The fraction of sp³-hybridized carbons (Fsp3) is 0.625. The highest BCUT2D eigenvalue weighted by atomic mass is 16.6. The Morgan fingerprint density at radius 1 is 1.27 bits per heavy atom. The number of nitrogens with zero attached hydrogens (tertiary/aromatic N) is 2. The van der Waals surface area contributed by atoms with E-state index in [9.17, 15) is 10.1 Å². The zero-order valence-electron chi connectivity index (χ0n) is 12.8. The molecule has 6 nitrogen and oxygen atoms in total. The molecular weight excluding hydrogens is 284 g/mol. The first kappa shape index (κ1) is 16.9. The number of aliphatic hydroxyl groups excluding tert-OH is 1. The average molecular weight is 308 g/mol. The van der Waals surface area contributed by atoms with Crippen LogP contribution in [-0.2, 0) is 11.2 Å². The van der Waals surface area contributed by atoms with E-state index >= 15 is 0 Å². The van der Waals surface area contributed by atoms with Crippen molar-refractivity contribution >= 4 is 5.69 Å². The first-order valence-electron chi connectivity index (χ1n) is 7.87. The van der Waals surface area contributed by atoms with Crippen LogP contribution in [0.2, 0.25) is 0 Å². The number of piperidine rings is 1. The summed E-state index contributed by atoms with van der Waals surface area (Å²) in [5.41, 5.74) is 1.27. The third-order valence-electron chi connectivity index (χ3n) is 4.05. The molecule has 1 saturated heterocycles. The summed E-state index contributed by atoms with van der Waals surface area (Å²) in [6, 6.07) is 6.80. The second-order valence-electron chi connectivity index (χ2n) is 5.66. The van der Waals surface area contributed by atoms with Crippen LogP contribution in [0, 0.1) is 10.1 Å². The molecule has 1 fully saturated rings. The van der Waals surface area contributed by atoms with Gasteiger partial charge in [-0.25, -0.2) is 0 Å². The van der Waals surface area contributed by atoms with E-state index in [1.165, 1.54) is 0 Å². The molecule has 1 aliphatic heterocycles. The molecule has 0 amide bonds. The molecule has 1 heterocycles. The summed E-state index contributed by atoms with van der Waals surface area (Å²) in [4.78, 5) is 12.7. The van der Waals surface area contributed by atoms with Crippen molar-refractivity contribution in [2.24, 2.45) is 0 Å². The van der Waals surface area contributed by atoms with Crippen LogP contribution in [0.1, 0.15) is 24.8 Å². The molecule has 6 heteroatoms. The smallest absolute Gasteiger partial charge is 0.269 e. The fourth-order valence-electron chi connectivity index (χ4n) is 2.69. The van der Waals surface area contributed by atoms with Gasteiger partial charge in [0, 0.05) is 45.0 Å². The molecule has 0 aromatic heterocycles. The molecule has 0 saturated carbocycles. The van der Waals surface area contributed by atoms with Gasteiger partial charge in [0.25, 0.3) is 5.69 Å². The molecule has 0 radical (unpaired) electrons. The molecule has 1 N–H and O–H groups in total. The van der Waals surface area contributed by atoms with Crippen LogP contribution in [0.25, 0.3) is 0 Å². The number of benzene rings is 1. The number of hydrogen-bond acceptors (Lipinski definition) is 5. The minimum absolute atomic E-state index is 0.143. The van der Waals surface area contributed by atoms with E-state index in [1.807, 2.05) is 12.1 Å². The van der Waals surface area contributed by atoms with Gasteiger partial charge in [-0.2, -0.15) is 0 Å². The summed E-state index contributed by atoms with van der Waals surface area (Å²) in [5, 5.41) is 19.4. The average Bonchev–Trinajstić information content (AvgIpc) is 2.55. The van der Waals surface area contributed by atoms with Crippen LogP contribution in [0.3, 0.4) is 0 Å². The molecule has 0 bridgehead atoms. The van der Waals surface area contributed by atoms with E-state index in [2.05, 4.69) is 4.90 Å². The Balaban J connectivity index is 1.67. The molecular formula is C16H24N2O4. The molecule has 122 valence electrons. The Morgan fingerprint density at radius 3 is 2.55 bits per heavy atom. The van der Waals surface area contributed by atoms with Crippen LogP contribution in [0.4, 0.5) is 5.69 Å².